The van der Waals surface area contributed by atoms with Crippen LogP contribution < -0.4 is 4.74 Å². The Morgan fingerprint density at radius 3 is 1.94 bits per heavy atom. The van der Waals surface area contributed by atoms with E-state index in [0.717, 1.165) is 0 Å². The Bertz CT molecular complexity index is 439. The maximum Gasteiger partial charge on any atom is 0.255 e. The lowest BCUT2D eigenvalue weighted by atomic mass is 10.1. The van der Waals surface area contributed by atoms with E-state index in [1.807, 2.05) is 0 Å². The van der Waals surface area contributed by atoms with E-state index in [0.29, 0.717) is 0 Å². The van der Waals surface area contributed by atoms with Crippen LogP contribution in [0.1, 0.15) is 13.8 Å². The van der Waals surface area contributed by atoms with E-state index in [1.54, 1.807) is 0 Å². The topological polar surface area (TPSA) is 22.1 Å². The molecule has 0 aliphatic rings. The van der Waals surface area contributed by atoms with Crippen LogP contribution in [0.3, 0.4) is 0 Å². The maximum atomic E-state index is 13.1. The molecular formula is C10H7F4NO. The summed E-state index contributed by atoms with van der Waals surface area (Å²) in [7, 11) is 0. The Morgan fingerprint density at radius 1 is 1.12 bits per heavy atom. The number of hydrogen-bond donors (Lipinski definition) is 0. The van der Waals surface area contributed by atoms with Crippen molar-refractivity contribution in [2.45, 2.75) is 19.4 Å². The quantitative estimate of drug-likeness (QED) is 0.444. The molecule has 1 heterocycles. The van der Waals surface area contributed by atoms with E-state index >= 15 is 0 Å². The molecule has 0 saturated heterocycles. The predicted octanol–water partition coefficient (Wildman–Crippen LogP) is 2.43. The SMILES string of the molecule is C#CC(C)(C)Oc1c(F)c(F)nc(F)c1F. The van der Waals surface area contributed by atoms with Gasteiger partial charge >= 0.3 is 0 Å². The lowest BCUT2D eigenvalue weighted by Gasteiger charge is -2.20. The van der Waals surface area contributed by atoms with Crippen molar-refractivity contribution in [3.63, 3.8) is 0 Å². The molecule has 1 aromatic rings. The normalized spacial score (nSPS) is 11.1. The summed E-state index contributed by atoms with van der Waals surface area (Å²) in [6.45, 7) is 2.62. The fourth-order valence-corrected chi connectivity index (χ4v) is 0.842. The van der Waals surface area contributed by atoms with Crippen molar-refractivity contribution >= 4 is 0 Å². The second-order valence-electron chi connectivity index (χ2n) is 3.41. The van der Waals surface area contributed by atoms with Gasteiger partial charge in [-0.2, -0.15) is 22.5 Å². The van der Waals surface area contributed by atoms with E-state index in [2.05, 4.69) is 15.6 Å². The first kappa shape index (κ1) is 12.3. The van der Waals surface area contributed by atoms with Gasteiger partial charge in [-0.25, -0.2) is 0 Å². The van der Waals surface area contributed by atoms with E-state index in [-0.39, 0.29) is 0 Å². The summed E-state index contributed by atoms with van der Waals surface area (Å²) in [5.41, 5.74) is -1.40. The average molecular weight is 233 g/mol. The summed E-state index contributed by atoms with van der Waals surface area (Å²) < 4.78 is 56.2. The van der Waals surface area contributed by atoms with Gasteiger partial charge < -0.3 is 4.74 Å². The van der Waals surface area contributed by atoms with Crippen molar-refractivity contribution in [3.05, 3.63) is 23.5 Å². The first-order chi connectivity index (χ1) is 7.28. The fourth-order valence-electron chi connectivity index (χ4n) is 0.842. The monoisotopic (exact) mass is 233 g/mol. The molecule has 0 unspecified atom stereocenters. The van der Waals surface area contributed by atoms with Gasteiger partial charge in [0.15, 0.2) is 5.60 Å². The molecule has 1 rings (SSSR count). The van der Waals surface area contributed by atoms with Crippen LogP contribution in [0, 0.1) is 35.9 Å². The van der Waals surface area contributed by atoms with Crippen LogP contribution in [-0.2, 0) is 0 Å². The lowest BCUT2D eigenvalue weighted by Crippen LogP contribution is -2.27. The first-order valence-electron chi connectivity index (χ1n) is 4.15. The fraction of sp³-hybridized carbons (Fsp3) is 0.300. The van der Waals surface area contributed by atoms with E-state index < -0.39 is 34.9 Å². The smallest absolute Gasteiger partial charge is 0.255 e. The molecule has 6 heteroatoms. The highest BCUT2D eigenvalue weighted by atomic mass is 19.2. The summed E-state index contributed by atoms with van der Waals surface area (Å²) in [6.07, 6.45) is 5.01. The molecule has 0 N–H and O–H groups in total. The van der Waals surface area contributed by atoms with Gasteiger partial charge in [0.25, 0.3) is 11.9 Å². The van der Waals surface area contributed by atoms with Crippen LogP contribution in [-0.4, -0.2) is 10.6 Å². The highest BCUT2D eigenvalue weighted by Crippen LogP contribution is 2.27. The van der Waals surface area contributed by atoms with Crippen molar-refractivity contribution < 1.29 is 22.3 Å². The number of aromatic nitrogens is 1. The van der Waals surface area contributed by atoms with E-state index in [1.165, 1.54) is 13.8 Å². The molecule has 86 valence electrons. The molecular weight excluding hydrogens is 226 g/mol. The molecule has 0 aliphatic carbocycles. The molecule has 0 spiro atoms. The van der Waals surface area contributed by atoms with Crippen molar-refractivity contribution in [1.82, 2.24) is 4.98 Å². The van der Waals surface area contributed by atoms with Crippen molar-refractivity contribution in [2.75, 3.05) is 0 Å². The number of hydrogen-bond acceptors (Lipinski definition) is 2. The van der Waals surface area contributed by atoms with E-state index in [9.17, 15) is 17.6 Å². The minimum absolute atomic E-state index is 1.21. The van der Waals surface area contributed by atoms with Crippen LogP contribution in [0.25, 0.3) is 0 Å². The summed E-state index contributed by atoms with van der Waals surface area (Å²) in [5.74, 6) is -6.17. The first-order valence-corrected chi connectivity index (χ1v) is 4.15. The van der Waals surface area contributed by atoms with E-state index in [4.69, 9.17) is 6.42 Å². The van der Waals surface area contributed by atoms with Crippen LogP contribution in [0.15, 0.2) is 0 Å². The predicted molar refractivity (Wildman–Crippen MR) is 47.6 cm³/mol. The van der Waals surface area contributed by atoms with Crippen molar-refractivity contribution in [3.8, 4) is 18.1 Å². The third kappa shape index (κ3) is 2.24. The van der Waals surface area contributed by atoms with Gasteiger partial charge in [-0.3, -0.25) is 0 Å². The number of pyridine rings is 1. The van der Waals surface area contributed by atoms with Gasteiger partial charge in [0, 0.05) is 0 Å². The summed E-state index contributed by atoms with van der Waals surface area (Å²) in [4.78, 5) is 2.37. The van der Waals surface area contributed by atoms with Gasteiger partial charge in [-0.15, -0.1) is 6.42 Å². The molecule has 2 nitrogen and oxygen atoms in total. The zero-order valence-corrected chi connectivity index (χ0v) is 8.44. The molecule has 0 bridgehead atoms. The standard InChI is InChI=1S/C10H7F4NO/c1-4-10(2,3)16-7-5(11)8(13)15-9(14)6(7)12/h1H,2-3H3. The average Bonchev–Trinajstić information content (AvgIpc) is 2.22. The van der Waals surface area contributed by atoms with Gasteiger partial charge in [0.05, 0.1) is 0 Å². The zero-order chi connectivity index (χ0) is 12.5. The summed E-state index contributed by atoms with van der Waals surface area (Å²) in [5, 5.41) is 0. The minimum Gasteiger partial charge on any atom is -0.469 e. The molecule has 0 radical (unpaired) electrons. The molecule has 0 fully saturated rings. The third-order valence-electron chi connectivity index (χ3n) is 1.66. The zero-order valence-electron chi connectivity index (χ0n) is 8.44. The number of halogens is 4. The lowest BCUT2D eigenvalue weighted by molar-refractivity contribution is 0.149. The highest BCUT2D eigenvalue weighted by Gasteiger charge is 2.27. The van der Waals surface area contributed by atoms with Gasteiger partial charge in [0.2, 0.25) is 17.4 Å². The minimum atomic E-state index is -1.79. The summed E-state index contributed by atoms with van der Waals surface area (Å²) in [6, 6.07) is 0. The molecule has 16 heavy (non-hydrogen) atoms. The summed E-state index contributed by atoms with van der Waals surface area (Å²) >= 11 is 0. The molecule has 0 saturated carbocycles. The van der Waals surface area contributed by atoms with Gasteiger partial charge in [-0.1, -0.05) is 5.92 Å². The molecule has 0 atom stereocenters. The molecule has 0 aromatic carbocycles. The number of terminal acetylenes is 1. The largest absolute Gasteiger partial charge is 0.469 e. The Labute approximate surface area is 89.3 Å². The van der Waals surface area contributed by atoms with Gasteiger partial charge in [-0.05, 0) is 13.8 Å². The van der Waals surface area contributed by atoms with Crippen LogP contribution in [0.5, 0.6) is 5.75 Å². The third-order valence-corrected chi connectivity index (χ3v) is 1.66. The Kier molecular flexibility index (Phi) is 3.08. The molecule has 0 amide bonds. The number of rotatable bonds is 2. The van der Waals surface area contributed by atoms with Gasteiger partial charge in [0.1, 0.15) is 0 Å². The van der Waals surface area contributed by atoms with Crippen LogP contribution in [0.2, 0.25) is 0 Å². The van der Waals surface area contributed by atoms with Crippen LogP contribution in [0.4, 0.5) is 17.6 Å². The Hall–Kier alpha value is -1.77. The number of ether oxygens (including phenoxy) is 1. The van der Waals surface area contributed by atoms with Crippen molar-refractivity contribution in [2.24, 2.45) is 0 Å². The second-order valence-corrected chi connectivity index (χ2v) is 3.41. The van der Waals surface area contributed by atoms with Crippen LogP contribution >= 0.6 is 0 Å². The second kappa shape index (κ2) is 4.00. The Morgan fingerprint density at radius 2 is 1.56 bits per heavy atom. The molecule has 0 aliphatic heterocycles. The number of nitrogens with zero attached hydrogens (tertiary/aromatic N) is 1. The Balaban J connectivity index is 3.29. The highest BCUT2D eigenvalue weighted by molar-refractivity contribution is 5.26. The maximum absolute atomic E-state index is 13.1. The molecule has 1 aromatic heterocycles. The van der Waals surface area contributed by atoms with Crippen molar-refractivity contribution in [1.29, 1.82) is 0 Å².